The molecule has 1 heterocycles. The predicted octanol–water partition coefficient (Wildman–Crippen LogP) is 2.73. The number of hydrogen-bond acceptors (Lipinski definition) is 4. The first-order valence-electron chi connectivity index (χ1n) is 6.12. The summed E-state index contributed by atoms with van der Waals surface area (Å²) in [4.78, 5) is 6.99. The van der Waals surface area contributed by atoms with Gasteiger partial charge in [0.2, 0.25) is 0 Å². The Bertz CT molecular complexity index is 341. The highest BCUT2D eigenvalue weighted by Gasteiger charge is 2.24. The number of rotatable bonds is 5. The monoisotopic (exact) mass is 255 g/mol. The van der Waals surface area contributed by atoms with E-state index in [1.165, 1.54) is 10.7 Å². The minimum atomic E-state index is 0.304. The van der Waals surface area contributed by atoms with Gasteiger partial charge in [0.15, 0.2) is 0 Å². The molecule has 0 aromatic carbocycles. The van der Waals surface area contributed by atoms with Crippen molar-refractivity contribution < 1.29 is 0 Å². The Labute approximate surface area is 109 Å². The molecule has 0 saturated heterocycles. The lowest BCUT2D eigenvalue weighted by atomic mass is 9.87. The molecule has 4 heteroatoms. The van der Waals surface area contributed by atoms with Crippen LogP contribution >= 0.6 is 11.3 Å². The van der Waals surface area contributed by atoms with E-state index >= 15 is 0 Å². The second-order valence-electron chi connectivity index (χ2n) is 5.72. The first-order valence-corrected chi connectivity index (χ1v) is 7.00. The lowest BCUT2D eigenvalue weighted by molar-refractivity contribution is 0.133. The fourth-order valence-electron chi connectivity index (χ4n) is 1.71. The van der Waals surface area contributed by atoms with Gasteiger partial charge in [-0.1, -0.05) is 20.8 Å². The quantitative estimate of drug-likeness (QED) is 0.877. The number of hydrogen-bond donors (Lipinski definition) is 1. The third-order valence-electron chi connectivity index (χ3n) is 3.25. The molecular weight excluding hydrogens is 230 g/mol. The van der Waals surface area contributed by atoms with Crippen molar-refractivity contribution in [3.8, 4) is 0 Å². The molecule has 0 aliphatic rings. The highest BCUT2D eigenvalue weighted by Crippen LogP contribution is 2.24. The zero-order chi connectivity index (χ0) is 13.1. The van der Waals surface area contributed by atoms with Crippen molar-refractivity contribution in [3.63, 3.8) is 0 Å². The van der Waals surface area contributed by atoms with Gasteiger partial charge in [-0.2, -0.15) is 0 Å². The van der Waals surface area contributed by atoms with Gasteiger partial charge >= 0.3 is 0 Å². The Morgan fingerprint density at radius 2 is 2.12 bits per heavy atom. The summed E-state index contributed by atoms with van der Waals surface area (Å²) in [6.45, 7) is 10.9. The van der Waals surface area contributed by atoms with Crippen LogP contribution in [0.1, 0.15) is 38.4 Å². The standard InChI is InChI=1S/C13H25N3S/c1-10(13(2,3)4)16(6)8-11-9-17-12(15-11)7-14-5/h9-10,14H,7-8H2,1-6H3. The zero-order valence-corrected chi connectivity index (χ0v) is 12.7. The Morgan fingerprint density at radius 3 is 2.65 bits per heavy atom. The van der Waals surface area contributed by atoms with E-state index in [-0.39, 0.29) is 0 Å². The van der Waals surface area contributed by atoms with Crippen LogP contribution in [0, 0.1) is 5.41 Å². The maximum absolute atomic E-state index is 4.62. The maximum Gasteiger partial charge on any atom is 0.107 e. The van der Waals surface area contributed by atoms with Gasteiger partial charge in [-0.05, 0) is 26.4 Å². The molecule has 98 valence electrons. The summed E-state index contributed by atoms with van der Waals surface area (Å²) < 4.78 is 0. The summed E-state index contributed by atoms with van der Waals surface area (Å²) in [7, 11) is 4.13. The lowest BCUT2D eigenvalue weighted by Crippen LogP contribution is -2.38. The Morgan fingerprint density at radius 1 is 1.47 bits per heavy atom. The summed E-state index contributed by atoms with van der Waals surface area (Å²) in [5.41, 5.74) is 1.48. The molecule has 1 aromatic rings. The molecule has 0 saturated carbocycles. The third kappa shape index (κ3) is 4.37. The largest absolute Gasteiger partial charge is 0.314 e. The summed E-state index contributed by atoms with van der Waals surface area (Å²) >= 11 is 1.74. The molecule has 3 nitrogen and oxygen atoms in total. The normalized spacial score (nSPS) is 14.3. The van der Waals surface area contributed by atoms with Gasteiger partial charge in [0, 0.05) is 24.5 Å². The molecule has 1 aromatic heterocycles. The second kappa shape index (κ2) is 5.94. The summed E-state index contributed by atoms with van der Waals surface area (Å²) in [6, 6.07) is 0.539. The van der Waals surface area contributed by atoms with Crippen LogP contribution in [-0.4, -0.2) is 30.0 Å². The Kier molecular flexibility index (Phi) is 5.10. The van der Waals surface area contributed by atoms with Crippen LogP contribution in [0.3, 0.4) is 0 Å². The molecule has 1 N–H and O–H groups in total. The molecule has 0 amide bonds. The van der Waals surface area contributed by atoms with Crippen LogP contribution in [0.4, 0.5) is 0 Å². The zero-order valence-electron chi connectivity index (χ0n) is 11.9. The average Bonchev–Trinajstić information content (AvgIpc) is 2.63. The highest BCUT2D eigenvalue weighted by molar-refractivity contribution is 7.09. The topological polar surface area (TPSA) is 28.2 Å². The molecule has 1 atom stereocenters. The Hall–Kier alpha value is -0.450. The van der Waals surface area contributed by atoms with Crippen LogP contribution in [-0.2, 0) is 13.1 Å². The molecule has 0 radical (unpaired) electrons. The van der Waals surface area contributed by atoms with Gasteiger partial charge in [0.25, 0.3) is 0 Å². The van der Waals surface area contributed by atoms with Crippen LogP contribution in [0.25, 0.3) is 0 Å². The van der Waals surface area contributed by atoms with Crippen LogP contribution < -0.4 is 5.32 Å². The van der Waals surface area contributed by atoms with E-state index < -0.39 is 0 Å². The summed E-state index contributed by atoms with van der Waals surface area (Å²) in [5.74, 6) is 0. The minimum Gasteiger partial charge on any atom is -0.314 e. The van der Waals surface area contributed by atoms with Crippen molar-refractivity contribution in [2.75, 3.05) is 14.1 Å². The fraction of sp³-hybridized carbons (Fsp3) is 0.769. The van der Waals surface area contributed by atoms with E-state index in [2.05, 4.69) is 55.3 Å². The predicted molar refractivity (Wildman–Crippen MR) is 75.3 cm³/mol. The molecule has 1 unspecified atom stereocenters. The van der Waals surface area contributed by atoms with Crippen LogP contribution in [0.2, 0.25) is 0 Å². The van der Waals surface area contributed by atoms with Gasteiger partial charge < -0.3 is 5.32 Å². The summed E-state index contributed by atoms with van der Waals surface area (Å²) in [6.07, 6.45) is 0. The van der Waals surface area contributed by atoms with E-state index in [1.807, 2.05) is 7.05 Å². The molecule has 0 aliphatic carbocycles. The number of thiazole rings is 1. The van der Waals surface area contributed by atoms with Crippen LogP contribution in [0.15, 0.2) is 5.38 Å². The van der Waals surface area contributed by atoms with E-state index in [4.69, 9.17) is 0 Å². The number of nitrogens with one attached hydrogen (secondary N) is 1. The lowest BCUT2D eigenvalue weighted by Gasteiger charge is -2.35. The molecule has 0 spiro atoms. The van der Waals surface area contributed by atoms with Gasteiger partial charge in [0.1, 0.15) is 5.01 Å². The minimum absolute atomic E-state index is 0.304. The molecule has 0 aliphatic heterocycles. The van der Waals surface area contributed by atoms with E-state index in [0.29, 0.717) is 11.5 Å². The van der Waals surface area contributed by atoms with E-state index in [1.54, 1.807) is 11.3 Å². The molecular formula is C13H25N3S. The van der Waals surface area contributed by atoms with Crippen LogP contribution in [0.5, 0.6) is 0 Å². The highest BCUT2D eigenvalue weighted by atomic mass is 32.1. The summed E-state index contributed by atoms with van der Waals surface area (Å²) in [5, 5.41) is 6.46. The molecule has 17 heavy (non-hydrogen) atoms. The van der Waals surface area contributed by atoms with Gasteiger partial charge in [-0.3, -0.25) is 4.90 Å². The Balaban J connectivity index is 2.58. The second-order valence-corrected chi connectivity index (χ2v) is 6.66. The van der Waals surface area contributed by atoms with Crippen molar-refractivity contribution in [3.05, 3.63) is 16.1 Å². The van der Waals surface area contributed by atoms with Crippen molar-refractivity contribution in [2.24, 2.45) is 5.41 Å². The van der Waals surface area contributed by atoms with E-state index in [0.717, 1.165) is 13.1 Å². The molecule has 1 rings (SSSR count). The van der Waals surface area contributed by atoms with Gasteiger partial charge in [-0.25, -0.2) is 4.98 Å². The maximum atomic E-state index is 4.62. The van der Waals surface area contributed by atoms with Crippen molar-refractivity contribution >= 4 is 11.3 Å². The van der Waals surface area contributed by atoms with E-state index in [9.17, 15) is 0 Å². The van der Waals surface area contributed by atoms with Gasteiger partial charge in [-0.15, -0.1) is 11.3 Å². The fourth-order valence-corrected chi connectivity index (χ4v) is 2.50. The number of aromatic nitrogens is 1. The molecule has 0 fully saturated rings. The van der Waals surface area contributed by atoms with Crippen molar-refractivity contribution in [1.29, 1.82) is 0 Å². The average molecular weight is 255 g/mol. The number of nitrogens with zero attached hydrogens (tertiary/aromatic N) is 2. The SMILES string of the molecule is CNCc1nc(CN(C)C(C)C(C)(C)C)cs1. The van der Waals surface area contributed by atoms with Crippen molar-refractivity contribution in [2.45, 2.75) is 46.8 Å². The third-order valence-corrected chi connectivity index (χ3v) is 4.15. The van der Waals surface area contributed by atoms with Crippen molar-refractivity contribution in [1.82, 2.24) is 15.2 Å². The molecule has 0 bridgehead atoms. The smallest absolute Gasteiger partial charge is 0.107 e. The first kappa shape index (κ1) is 14.6. The first-order chi connectivity index (χ1) is 7.84. The van der Waals surface area contributed by atoms with Gasteiger partial charge in [0.05, 0.1) is 5.69 Å².